The third-order valence-electron chi connectivity index (χ3n) is 2.95. The number of thiazole rings is 1. The van der Waals surface area contributed by atoms with Gasteiger partial charge in [0.25, 0.3) is 0 Å². The van der Waals surface area contributed by atoms with E-state index in [0.29, 0.717) is 0 Å². The summed E-state index contributed by atoms with van der Waals surface area (Å²) in [4.78, 5) is 0.903. The van der Waals surface area contributed by atoms with Crippen molar-refractivity contribution in [1.29, 1.82) is 0 Å². The highest BCUT2D eigenvalue weighted by Gasteiger charge is 2.17. The SMILES string of the molecule is Cc1csc2nnc(-c3ccc4c(c3)OCO4)n12. The topological polar surface area (TPSA) is 48.7 Å². The maximum Gasteiger partial charge on any atom is 0.231 e. The van der Waals surface area contributed by atoms with E-state index in [9.17, 15) is 0 Å². The molecule has 0 amide bonds. The first-order valence-corrected chi connectivity index (χ1v) is 6.40. The molecule has 6 heteroatoms. The molecule has 1 aliphatic heterocycles. The normalized spacial score (nSPS) is 13.4. The highest BCUT2D eigenvalue weighted by atomic mass is 32.1. The van der Waals surface area contributed by atoms with Crippen molar-refractivity contribution in [3.05, 3.63) is 29.3 Å². The quantitative estimate of drug-likeness (QED) is 0.673. The Morgan fingerprint density at radius 2 is 2.11 bits per heavy atom. The lowest BCUT2D eigenvalue weighted by molar-refractivity contribution is 0.174. The second-order valence-corrected chi connectivity index (χ2v) is 4.92. The number of fused-ring (bicyclic) bond motifs is 2. The van der Waals surface area contributed by atoms with Crippen LogP contribution in [0.4, 0.5) is 0 Å². The Morgan fingerprint density at radius 1 is 1.22 bits per heavy atom. The Labute approximate surface area is 107 Å². The molecule has 0 atom stereocenters. The Balaban J connectivity index is 1.94. The van der Waals surface area contributed by atoms with Crippen molar-refractivity contribution >= 4 is 16.3 Å². The average Bonchev–Trinajstić information content (AvgIpc) is 3.06. The van der Waals surface area contributed by atoms with Gasteiger partial charge in [-0.15, -0.1) is 21.5 Å². The third-order valence-corrected chi connectivity index (χ3v) is 3.89. The number of nitrogens with zero attached hydrogens (tertiary/aromatic N) is 3. The molecule has 0 bridgehead atoms. The average molecular weight is 259 g/mol. The molecule has 0 N–H and O–H groups in total. The minimum Gasteiger partial charge on any atom is -0.454 e. The highest BCUT2D eigenvalue weighted by Crippen LogP contribution is 2.35. The number of hydrogen-bond acceptors (Lipinski definition) is 5. The van der Waals surface area contributed by atoms with Crippen LogP contribution in [0.5, 0.6) is 11.5 Å². The molecule has 90 valence electrons. The fraction of sp³-hybridized carbons (Fsp3) is 0.167. The lowest BCUT2D eigenvalue weighted by Gasteiger charge is -2.01. The van der Waals surface area contributed by atoms with Crippen LogP contribution < -0.4 is 9.47 Å². The zero-order chi connectivity index (χ0) is 12.1. The summed E-state index contributed by atoms with van der Waals surface area (Å²) in [6, 6.07) is 5.82. The summed E-state index contributed by atoms with van der Waals surface area (Å²) in [6.45, 7) is 2.33. The zero-order valence-electron chi connectivity index (χ0n) is 9.58. The van der Waals surface area contributed by atoms with Gasteiger partial charge in [0.2, 0.25) is 11.8 Å². The van der Waals surface area contributed by atoms with Gasteiger partial charge in [-0.05, 0) is 25.1 Å². The van der Waals surface area contributed by atoms with Crippen molar-refractivity contribution in [1.82, 2.24) is 14.6 Å². The largest absolute Gasteiger partial charge is 0.454 e. The van der Waals surface area contributed by atoms with Crippen LogP contribution in [0.2, 0.25) is 0 Å². The van der Waals surface area contributed by atoms with Crippen LogP contribution in [0.25, 0.3) is 16.3 Å². The highest BCUT2D eigenvalue weighted by molar-refractivity contribution is 7.15. The van der Waals surface area contributed by atoms with Crippen molar-refractivity contribution < 1.29 is 9.47 Å². The first-order valence-electron chi connectivity index (χ1n) is 5.52. The van der Waals surface area contributed by atoms with Gasteiger partial charge < -0.3 is 9.47 Å². The van der Waals surface area contributed by atoms with Crippen LogP contribution in [0, 0.1) is 6.92 Å². The molecule has 4 rings (SSSR count). The van der Waals surface area contributed by atoms with E-state index in [4.69, 9.17) is 9.47 Å². The number of hydrogen-bond donors (Lipinski definition) is 0. The van der Waals surface area contributed by atoms with Gasteiger partial charge in [-0.2, -0.15) is 0 Å². The van der Waals surface area contributed by atoms with Gasteiger partial charge in [-0.3, -0.25) is 4.40 Å². The minimum absolute atomic E-state index is 0.283. The molecule has 3 aromatic rings. The van der Waals surface area contributed by atoms with Gasteiger partial charge in [0.05, 0.1) is 0 Å². The molecule has 0 saturated heterocycles. The Hall–Kier alpha value is -2.08. The number of benzene rings is 1. The molecule has 0 aliphatic carbocycles. The first kappa shape index (κ1) is 9.90. The molecule has 2 aromatic heterocycles. The van der Waals surface area contributed by atoms with Gasteiger partial charge in [0, 0.05) is 16.6 Å². The molecule has 1 aliphatic rings. The molecular weight excluding hydrogens is 250 g/mol. The van der Waals surface area contributed by atoms with E-state index < -0.39 is 0 Å². The summed E-state index contributed by atoms with van der Waals surface area (Å²) >= 11 is 1.59. The molecule has 1 aromatic carbocycles. The van der Waals surface area contributed by atoms with Crippen LogP contribution in [-0.4, -0.2) is 21.4 Å². The standard InChI is InChI=1S/C12H9N3O2S/c1-7-5-18-12-14-13-11(15(7)12)8-2-3-9-10(4-8)17-6-16-9/h2-5H,6H2,1H3. The van der Waals surface area contributed by atoms with Crippen molar-refractivity contribution in [2.24, 2.45) is 0 Å². The smallest absolute Gasteiger partial charge is 0.231 e. The van der Waals surface area contributed by atoms with Crippen LogP contribution in [0.15, 0.2) is 23.6 Å². The van der Waals surface area contributed by atoms with Gasteiger partial charge in [-0.25, -0.2) is 0 Å². The maximum absolute atomic E-state index is 5.38. The minimum atomic E-state index is 0.283. The van der Waals surface area contributed by atoms with Crippen molar-refractivity contribution in [2.45, 2.75) is 6.92 Å². The summed E-state index contributed by atoms with van der Waals surface area (Å²) < 4.78 is 12.7. The summed E-state index contributed by atoms with van der Waals surface area (Å²) in [5.41, 5.74) is 2.11. The van der Waals surface area contributed by atoms with E-state index in [-0.39, 0.29) is 6.79 Å². The fourth-order valence-electron chi connectivity index (χ4n) is 2.08. The van der Waals surface area contributed by atoms with Gasteiger partial charge in [0.1, 0.15) is 0 Å². The second-order valence-electron chi connectivity index (χ2n) is 4.09. The van der Waals surface area contributed by atoms with E-state index >= 15 is 0 Å². The van der Waals surface area contributed by atoms with Gasteiger partial charge in [0.15, 0.2) is 17.3 Å². The number of aromatic nitrogens is 3. The summed E-state index contributed by atoms with van der Waals surface area (Å²) in [6.07, 6.45) is 0. The van der Waals surface area contributed by atoms with E-state index in [1.165, 1.54) is 0 Å². The molecular formula is C12H9N3O2S. The number of rotatable bonds is 1. The van der Waals surface area contributed by atoms with Crippen molar-refractivity contribution in [3.8, 4) is 22.9 Å². The van der Waals surface area contributed by atoms with E-state index in [0.717, 1.165) is 33.5 Å². The van der Waals surface area contributed by atoms with Gasteiger partial charge in [-0.1, -0.05) is 0 Å². The molecule has 0 fully saturated rings. The predicted octanol–water partition coefficient (Wildman–Crippen LogP) is 2.49. The van der Waals surface area contributed by atoms with Crippen LogP contribution in [-0.2, 0) is 0 Å². The zero-order valence-corrected chi connectivity index (χ0v) is 10.4. The molecule has 0 saturated carbocycles. The predicted molar refractivity (Wildman–Crippen MR) is 67.2 cm³/mol. The molecule has 0 unspecified atom stereocenters. The third kappa shape index (κ3) is 1.26. The van der Waals surface area contributed by atoms with Gasteiger partial charge >= 0.3 is 0 Å². The molecule has 18 heavy (non-hydrogen) atoms. The Morgan fingerprint density at radius 3 is 3.06 bits per heavy atom. The van der Waals surface area contributed by atoms with Crippen LogP contribution >= 0.6 is 11.3 Å². The summed E-state index contributed by atoms with van der Waals surface area (Å²) in [5, 5.41) is 10.5. The van der Waals surface area contributed by atoms with Crippen molar-refractivity contribution in [3.63, 3.8) is 0 Å². The van der Waals surface area contributed by atoms with Crippen LogP contribution in [0.3, 0.4) is 0 Å². The monoisotopic (exact) mass is 259 g/mol. The first-order chi connectivity index (χ1) is 8.83. The van der Waals surface area contributed by atoms with E-state index in [1.807, 2.05) is 29.5 Å². The Bertz CT molecular complexity index is 747. The maximum atomic E-state index is 5.38. The molecule has 0 radical (unpaired) electrons. The summed E-state index contributed by atoms with van der Waals surface area (Å²) in [5.74, 6) is 2.38. The number of aryl methyl sites for hydroxylation is 1. The van der Waals surface area contributed by atoms with Crippen LogP contribution in [0.1, 0.15) is 5.69 Å². The molecule has 3 heterocycles. The fourth-order valence-corrected chi connectivity index (χ4v) is 2.88. The molecule has 0 spiro atoms. The molecule has 5 nitrogen and oxygen atoms in total. The lowest BCUT2D eigenvalue weighted by atomic mass is 10.2. The summed E-state index contributed by atoms with van der Waals surface area (Å²) in [7, 11) is 0. The van der Waals surface area contributed by atoms with E-state index in [1.54, 1.807) is 11.3 Å². The van der Waals surface area contributed by atoms with E-state index in [2.05, 4.69) is 15.6 Å². The van der Waals surface area contributed by atoms with Crippen molar-refractivity contribution in [2.75, 3.05) is 6.79 Å². The Kier molecular flexibility index (Phi) is 1.90. The second kappa shape index (κ2) is 3.46. The number of ether oxygens (including phenoxy) is 2. The lowest BCUT2D eigenvalue weighted by Crippen LogP contribution is -1.93.